The van der Waals surface area contributed by atoms with Gasteiger partial charge in [-0.2, -0.15) is 0 Å². The first kappa shape index (κ1) is 14.1. The van der Waals surface area contributed by atoms with Gasteiger partial charge in [0.05, 0.1) is 17.8 Å². The van der Waals surface area contributed by atoms with Gasteiger partial charge < -0.3 is 15.2 Å². The number of hydrogen-bond acceptors (Lipinski definition) is 5. The van der Waals surface area contributed by atoms with E-state index in [1.165, 1.54) is 0 Å². The predicted octanol–water partition coefficient (Wildman–Crippen LogP) is 2.54. The van der Waals surface area contributed by atoms with Crippen LogP contribution in [0, 0.1) is 0 Å². The molecule has 20 heavy (non-hydrogen) atoms. The third-order valence-corrected chi connectivity index (χ3v) is 2.95. The van der Waals surface area contributed by atoms with Crippen molar-refractivity contribution in [3.63, 3.8) is 0 Å². The molecule has 0 saturated carbocycles. The van der Waals surface area contributed by atoms with Gasteiger partial charge in [-0.1, -0.05) is 6.92 Å². The van der Waals surface area contributed by atoms with E-state index in [-0.39, 0.29) is 5.97 Å². The van der Waals surface area contributed by atoms with Crippen molar-refractivity contribution >= 4 is 22.6 Å². The van der Waals surface area contributed by atoms with Crippen LogP contribution in [0.4, 0.5) is 5.69 Å². The van der Waals surface area contributed by atoms with Crippen LogP contribution in [0.25, 0.3) is 10.9 Å². The monoisotopic (exact) mass is 274 g/mol. The maximum Gasteiger partial charge on any atom is 0.347 e. The Balaban J connectivity index is 2.33. The van der Waals surface area contributed by atoms with E-state index in [2.05, 4.69) is 4.98 Å². The molecule has 106 valence electrons. The minimum Gasteiger partial charge on any atom is -0.478 e. The molecule has 0 saturated heterocycles. The molecule has 1 aromatic heterocycles. The maximum absolute atomic E-state index is 11.8. The summed E-state index contributed by atoms with van der Waals surface area (Å²) >= 11 is 0. The molecule has 1 aromatic carbocycles. The van der Waals surface area contributed by atoms with Crippen molar-refractivity contribution in [3.05, 3.63) is 30.5 Å². The largest absolute Gasteiger partial charge is 0.478 e. The molecule has 2 rings (SSSR count). The van der Waals surface area contributed by atoms with Gasteiger partial charge in [-0.15, -0.1) is 0 Å². The molecule has 1 heterocycles. The molecule has 1 atom stereocenters. The molecule has 0 aliphatic heterocycles. The van der Waals surface area contributed by atoms with E-state index in [9.17, 15) is 4.79 Å². The molecule has 0 fully saturated rings. The highest BCUT2D eigenvalue weighted by Gasteiger charge is 2.20. The lowest BCUT2D eigenvalue weighted by molar-refractivity contribution is -0.151. The van der Waals surface area contributed by atoms with Crippen LogP contribution in [-0.2, 0) is 9.53 Å². The lowest BCUT2D eigenvalue weighted by Crippen LogP contribution is -2.28. The van der Waals surface area contributed by atoms with E-state index in [4.69, 9.17) is 15.2 Å². The molecule has 0 bridgehead atoms. The number of nitrogens with zero attached hydrogens (tertiary/aromatic N) is 1. The minimum absolute atomic E-state index is 0.336. The van der Waals surface area contributed by atoms with Gasteiger partial charge in [-0.3, -0.25) is 4.98 Å². The smallest absolute Gasteiger partial charge is 0.347 e. The lowest BCUT2D eigenvalue weighted by atomic mass is 10.1. The quantitative estimate of drug-likeness (QED) is 0.670. The Morgan fingerprint density at radius 3 is 2.85 bits per heavy atom. The summed E-state index contributed by atoms with van der Waals surface area (Å²) in [6.45, 7) is 3.98. The number of anilines is 1. The Labute approximate surface area is 117 Å². The van der Waals surface area contributed by atoms with Gasteiger partial charge in [0.15, 0.2) is 6.10 Å². The summed E-state index contributed by atoms with van der Waals surface area (Å²) < 4.78 is 10.8. The Bertz CT molecular complexity index is 613. The highest BCUT2D eigenvalue weighted by Crippen LogP contribution is 2.29. The van der Waals surface area contributed by atoms with Crippen molar-refractivity contribution in [2.45, 2.75) is 26.4 Å². The van der Waals surface area contributed by atoms with Gasteiger partial charge in [0.1, 0.15) is 5.75 Å². The number of hydrogen-bond donors (Lipinski definition) is 1. The summed E-state index contributed by atoms with van der Waals surface area (Å²) in [5, 5.41) is 0.787. The average Bonchev–Trinajstić information content (AvgIpc) is 2.47. The first-order chi connectivity index (χ1) is 9.67. The number of carbonyl (C=O) groups excluding carboxylic acids is 1. The number of ether oxygens (including phenoxy) is 2. The van der Waals surface area contributed by atoms with Crippen molar-refractivity contribution < 1.29 is 14.3 Å². The van der Waals surface area contributed by atoms with E-state index < -0.39 is 6.10 Å². The van der Waals surface area contributed by atoms with Crippen LogP contribution in [-0.4, -0.2) is 23.7 Å². The van der Waals surface area contributed by atoms with Gasteiger partial charge in [0.2, 0.25) is 0 Å². The molecule has 0 spiro atoms. The number of benzene rings is 1. The zero-order chi connectivity index (χ0) is 14.5. The second kappa shape index (κ2) is 6.23. The van der Waals surface area contributed by atoms with E-state index in [0.717, 1.165) is 5.39 Å². The zero-order valence-corrected chi connectivity index (χ0v) is 11.6. The second-order valence-electron chi connectivity index (χ2n) is 4.32. The van der Waals surface area contributed by atoms with Crippen LogP contribution < -0.4 is 10.5 Å². The van der Waals surface area contributed by atoms with Crippen LogP contribution >= 0.6 is 0 Å². The normalized spacial score (nSPS) is 12.1. The fourth-order valence-corrected chi connectivity index (χ4v) is 1.96. The standard InChI is InChI=1S/C15H18N2O3/c1-3-12(15(18)19-4-2)20-13-8-7-11(16)14-10(13)6-5-9-17-14/h5-9,12H,3-4,16H2,1-2H3. The fraction of sp³-hybridized carbons (Fsp3) is 0.333. The molecule has 5 heteroatoms. The summed E-state index contributed by atoms with van der Waals surface area (Å²) in [6.07, 6.45) is 1.58. The highest BCUT2D eigenvalue weighted by atomic mass is 16.6. The van der Waals surface area contributed by atoms with Crippen molar-refractivity contribution in [1.29, 1.82) is 0 Å². The summed E-state index contributed by atoms with van der Waals surface area (Å²) in [5.41, 5.74) is 7.14. The van der Waals surface area contributed by atoms with Crippen molar-refractivity contribution in [1.82, 2.24) is 4.98 Å². The third-order valence-electron chi connectivity index (χ3n) is 2.95. The molecule has 0 amide bonds. The van der Waals surface area contributed by atoms with Crippen molar-refractivity contribution in [3.8, 4) is 5.75 Å². The van der Waals surface area contributed by atoms with E-state index in [0.29, 0.717) is 30.0 Å². The Kier molecular flexibility index (Phi) is 4.40. The van der Waals surface area contributed by atoms with Crippen LogP contribution in [0.1, 0.15) is 20.3 Å². The number of nitrogens with two attached hydrogens (primary N) is 1. The number of carbonyl (C=O) groups is 1. The van der Waals surface area contributed by atoms with Crippen molar-refractivity contribution in [2.75, 3.05) is 12.3 Å². The van der Waals surface area contributed by atoms with E-state index >= 15 is 0 Å². The summed E-state index contributed by atoms with van der Waals surface area (Å²) in [6, 6.07) is 7.15. The molecule has 1 unspecified atom stereocenters. The number of fused-ring (bicyclic) bond motifs is 1. The molecule has 5 nitrogen and oxygen atoms in total. The molecular formula is C15H18N2O3. The zero-order valence-electron chi connectivity index (χ0n) is 11.6. The third kappa shape index (κ3) is 2.82. The van der Waals surface area contributed by atoms with Crippen LogP contribution in [0.5, 0.6) is 5.75 Å². The SMILES string of the molecule is CCOC(=O)C(CC)Oc1ccc(N)c2ncccc12. The van der Waals surface area contributed by atoms with Gasteiger partial charge in [0.25, 0.3) is 0 Å². The lowest BCUT2D eigenvalue weighted by Gasteiger charge is -2.17. The summed E-state index contributed by atoms with van der Waals surface area (Å²) in [4.78, 5) is 16.0. The maximum atomic E-state index is 11.8. The minimum atomic E-state index is -0.623. The van der Waals surface area contributed by atoms with Crippen LogP contribution in [0.15, 0.2) is 30.5 Å². The Hall–Kier alpha value is -2.30. The number of pyridine rings is 1. The van der Waals surface area contributed by atoms with E-state index in [1.54, 1.807) is 31.3 Å². The van der Waals surface area contributed by atoms with Gasteiger partial charge in [-0.25, -0.2) is 4.79 Å². The molecular weight excluding hydrogens is 256 g/mol. The Morgan fingerprint density at radius 1 is 1.35 bits per heavy atom. The van der Waals surface area contributed by atoms with Gasteiger partial charge in [0, 0.05) is 11.6 Å². The molecule has 0 aliphatic carbocycles. The summed E-state index contributed by atoms with van der Waals surface area (Å²) in [7, 11) is 0. The first-order valence-corrected chi connectivity index (χ1v) is 6.63. The molecule has 0 radical (unpaired) electrons. The van der Waals surface area contributed by atoms with Crippen LogP contribution in [0.2, 0.25) is 0 Å². The van der Waals surface area contributed by atoms with Gasteiger partial charge >= 0.3 is 5.97 Å². The number of nitrogen functional groups attached to an aromatic ring is 1. The molecule has 2 N–H and O–H groups in total. The number of esters is 1. The summed E-state index contributed by atoms with van der Waals surface area (Å²) in [5.74, 6) is 0.228. The van der Waals surface area contributed by atoms with Crippen molar-refractivity contribution in [2.24, 2.45) is 0 Å². The number of rotatable bonds is 5. The first-order valence-electron chi connectivity index (χ1n) is 6.63. The Morgan fingerprint density at radius 2 is 2.15 bits per heavy atom. The van der Waals surface area contributed by atoms with Gasteiger partial charge in [-0.05, 0) is 37.6 Å². The second-order valence-corrected chi connectivity index (χ2v) is 4.32. The topological polar surface area (TPSA) is 74.4 Å². The number of aromatic nitrogens is 1. The van der Waals surface area contributed by atoms with Crippen LogP contribution in [0.3, 0.4) is 0 Å². The molecule has 2 aromatic rings. The highest BCUT2D eigenvalue weighted by molar-refractivity contribution is 5.94. The fourth-order valence-electron chi connectivity index (χ4n) is 1.96. The average molecular weight is 274 g/mol. The predicted molar refractivity (Wildman–Crippen MR) is 77.5 cm³/mol. The van der Waals surface area contributed by atoms with E-state index in [1.807, 2.05) is 13.0 Å². The molecule has 0 aliphatic rings.